The minimum Gasteiger partial charge on any atom is -0.308 e. The van der Waals surface area contributed by atoms with Gasteiger partial charge in [0, 0.05) is 12.3 Å². The Morgan fingerprint density at radius 2 is 2.57 bits per heavy atom. The van der Waals surface area contributed by atoms with Crippen molar-refractivity contribution in [2.45, 2.75) is 18.3 Å². The Kier molecular flexibility index (Phi) is 4.06. The predicted molar refractivity (Wildman–Crippen MR) is 55.2 cm³/mol. The maximum absolute atomic E-state index is 11.9. The molecule has 1 heterocycles. The molecule has 0 bridgehead atoms. The highest BCUT2D eigenvalue weighted by molar-refractivity contribution is 9.10. The van der Waals surface area contributed by atoms with Gasteiger partial charge >= 0.3 is 0 Å². The number of aromatic nitrogens is 2. The highest BCUT2D eigenvalue weighted by atomic mass is 79.9. The number of nitrogens with zero attached hydrogens (tertiary/aromatic N) is 2. The summed E-state index contributed by atoms with van der Waals surface area (Å²) in [7, 11) is 0. The van der Waals surface area contributed by atoms with E-state index in [4.69, 9.17) is 0 Å². The third kappa shape index (κ3) is 3.10. The fraction of sp³-hybridized carbons (Fsp3) is 0.500. The van der Waals surface area contributed by atoms with Gasteiger partial charge in [0.25, 0.3) is 0 Å². The number of halogens is 2. The summed E-state index contributed by atoms with van der Waals surface area (Å²) in [4.78, 5) is 10.9. The number of amides is 1. The van der Waals surface area contributed by atoms with Gasteiger partial charge in [0.05, 0.1) is 11.4 Å². The molecule has 78 valence electrons. The molecule has 1 amide bonds. The quantitative estimate of drug-likeness (QED) is 0.839. The molecule has 1 rings (SSSR count). The summed E-state index contributed by atoms with van der Waals surface area (Å²) in [6.07, 6.45) is 1.62. The zero-order valence-corrected chi connectivity index (χ0v) is 9.29. The van der Waals surface area contributed by atoms with E-state index < -0.39 is 6.67 Å². The van der Waals surface area contributed by atoms with Crippen LogP contribution in [0.25, 0.3) is 0 Å². The number of rotatable bonds is 4. The summed E-state index contributed by atoms with van der Waals surface area (Å²) < 4.78 is 13.4. The van der Waals surface area contributed by atoms with Gasteiger partial charge in [-0.3, -0.25) is 9.48 Å². The Bertz CT molecular complexity index is 313. The molecule has 0 aromatic carbocycles. The molecule has 1 N–H and O–H groups in total. The molecule has 0 spiro atoms. The number of alkyl halides is 2. The van der Waals surface area contributed by atoms with Gasteiger partial charge in [0.1, 0.15) is 6.67 Å². The third-order valence-electron chi connectivity index (χ3n) is 1.57. The van der Waals surface area contributed by atoms with Gasteiger partial charge in [0.15, 0.2) is 5.82 Å². The van der Waals surface area contributed by atoms with Crippen LogP contribution in [-0.2, 0) is 11.3 Å². The first-order chi connectivity index (χ1) is 6.63. The summed E-state index contributed by atoms with van der Waals surface area (Å²) in [5.74, 6) is 0.269. The molecule has 1 aromatic heterocycles. The number of carbonyl (C=O) groups excluding carboxylic acids is 1. The topological polar surface area (TPSA) is 46.9 Å². The average molecular weight is 264 g/mol. The Labute approximate surface area is 89.6 Å². The van der Waals surface area contributed by atoms with Crippen LogP contribution in [0.2, 0.25) is 0 Å². The highest BCUT2D eigenvalue weighted by Crippen LogP contribution is 2.06. The molecular formula is C8H11BrFN3O. The lowest BCUT2D eigenvalue weighted by Gasteiger charge is -2.02. The summed E-state index contributed by atoms with van der Waals surface area (Å²) in [6.45, 7) is 1.46. The second kappa shape index (κ2) is 5.09. The van der Waals surface area contributed by atoms with Crippen molar-refractivity contribution in [3.8, 4) is 0 Å². The normalized spacial score (nSPS) is 12.5. The molecule has 14 heavy (non-hydrogen) atoms. The van der Waals surface area contributed by atoms with Crippen molar-refractivity contribution < 1.29 is 9.18 Å². The van der Waals surface area contributed by atoms with Crippen molar-refractivity contribution in [1.29, 1.82) is 0 Å². The number of hydrogen-bond donors (Lipinski definition) is 1. The molecule has 1 aromatic rings. The van der Waals surface area contributed by atoms with Crippen LogP contribution in [0.15, 0.2) is 12.3 Å². The standard InChI is InChI=1S/C8H11BrFN3O/c1-6(9)8(14)11-7-2-4-13(12-7)5-3-10/h2,4,6H,3,5H2,1H3,(H,11,12,14). The fourth-order valence-corrected chi connectivity index (χ4v) is 0.980. The van der Waals surface area contributed by atoms with E-state index in [1.54, 1.807) is 19.2 Å². The number of nitrogens with one attached hydrogen (secondary N) is 1. The van der Waals surface area contributed by atoms with Crippen LogP contribution in [0, 0.1) is 0 Å². The van der Waals surface area contributed by atoms with E-state index in [0.717, 1.165) is 0 Å². The fourth-order valence-electron chi connectivity index (χ4n) is 0.865. The Morgan fingerprint density at radius 1 is 1.86 bits per heavy atom. The zero-order chi connectivity index (χ0) is 10.6. The first-order valence-corrected chi connectivity index (χ1v) is 5.09. The third-order valence-corrected chi connectivity index (χ3v) is 1.98. The van der Waals surface area contributed by atoms with Crippen molar-refractivity contribution in [1.82, 2.24) is 9.78 Å². The van der Waals surface area contributed by atoms with Gasteiger partial charge in [-0.1, -0.05) is 15.9 Å². The van der Waals surface area contributed by atoms with Crippen molar-refractivity contribution in [2.75, 3.05) is 12.0 Å². The molecular weight excluding hydrogens is 253 g/mol. The SMILES string of the molecule is CC(Br)C(=O)Nc1ccn(CCF)n1. The summed E-state index contributed by atoms with van der Waals surface area (Å²) in [6, 6.07) is 1.63. The van der Waals surface area contributed by atoms with Crippen LogP contribution in [0.4, 0.5) is 10.2 Å². The van der Waals surface area contributed by atoms with Crippen molar-refractivity contribution in [2.24, 2.45) is 0 Å². The van der Waals surface area contributed by atoms with Gasteiger partial charge in [-0.15, -0.1) is 0 Å². The van der Waals surface area contributed by atoms with Crippen LogP contribution >= 0.6 is 15.9 Å². The molecule has 0 aliphatic rings. The van der Waals surface area contributed by atoms with E-state index in [1.807, 2.05) is 0 Å². The molecule has 4 nitrogen and oxygen atoms in total. The number of anilines is 1. The zero-order valence-electron chi connectivity index (χ0n) is 7.70. The second-order valence-electron chi connectivity index (χ2n) is 2.76. The maximum atomic E-state index is 11.9. The van der Waals surface area contributed by atoms with Crippen LogP contribution in [0.3, 0.4) is 0 Å². The lowest BCUT2D eigenvalue weighted by molar-refractivity contribution is -0.115. The first-order valence-electron chi connectivity index (χ1n) is 4.18. The second-order valence-corrected chi connectivity index (χ2v) is 4.13. The number of hydrogen-bond acceptors (Lipinski definition) is 2. The molecule has 0 saturated carbocycles. The minimum absolute atomic E-state index is 0.171. The van der Waals surface area contributed by atoms with E-state index >= 15 is 0 Å². The van der Waals surface area contributed by atoms with Gasteiger partial charge in [0.2, 0.25) is 5.91 Å². The predicted octanol–water partition coefficient (Wildman–Crippen LogP) is 1.57. The average Bonchev–Trinajstić information content (AvgIpc) is 2.53. The molecule has 0 saturated heterocycles. The first kappa shape index (κ1) is 11.2. The summed E-state index contributed by atoms with van der Waals surface area (Å²) >= 11 is 3.13. The molecule has 0 radical (unpaired) electrons. The Hall–Kier alpha value is -0.910. The summed E-state index contributed by atoms with van der Waals surface area (Å²) in [5, 5.41) is 6.53. The van der Waals surface area contributed by atoms with E-state index in [-0.39, 0.29) is 17.3 Å². The monoisotopic (exact) mass is 263 g/mol. The smallest absolute Gasteiger partial charge is 0.239 e. The van der Waals surface area contributed by atoms with Crippen LogP contribution in [0.5, 0.6) is 0 Å². The largest absolute Gasteiger partial charge is 0.308 e. The minimum atomic E-state index is -0.468. The summed E-state index contributed by atoms with van der Waals surface area (Å²) in [5.41, 5.74) is 0. The molecule has 0 fully saturated rings. The van der Waals surface area contributed by atoms with E-state index in [2.05, 4.69) is 26.3 Å². The Morgan fingerprint density at radius 3 is 3.14 bits per heavy atom. The van der Waals surface area contributed by atoms with Gasteiger partial charge in [-0.2, -0.15) is 5.10 Å². The lowest BCUT2D eigenvalue weighted by atomic mass is 10.4. The van der Waals surface area contributed by atoms with Gasteiger partial charge < -0.3 is 5.32 Å². The van der Waals surface area contributed by atoms with E-state index in [9.17, 15) is 9.18 Å². The van der Waals surface area contributed by atoms with Crippen molar-refractivity contribution in [3.05, 3.63) is 12.3 Å². The molecule has 1 atom stereocenters. The highest BCUT2D eigenvalue weighted by Gasteiger charge is 2.09. The molecule has 0 aliphatic heterocycles. The van der Waals surface area contributed by atoms with Crippen molar-refractivity contribution >= 4 is 27.7 Å². The van der Waals surface area contributed by atoms with Crippen molar-refractivity contribution in [3.63, 3.8) is 0 Å². The molecule has 1 unspecified atom stereocenters. The lowest BCUT2D eigenvalue weighted by Crippen LogP contribution is -2.20. The molecule has 6 heteroatoms. The van der Waals surface area contributed by atoms with Crippen LogP contribution in [0.1, 0.15) is 6.92 Å². The number of carbonyl (C=O) groups is 1. The maximum Gasteiger partial charge on any atom is 0.239 e. The van der Waals surface area contributed by atoms with E-state index in [1.165, 1.54) is 4.68 Å². The Balaban J connectivity index is 2.55. The van der Waals surface area contributed by atoms with Gasteiger partial charge in [-0.05, 0) is 6.92 Å². The van der Waals surface area contributed by atoms with Crippen LogP contribution < -0.4 is 5.32 Å². The van der Waals surface area contributed by atoms with Gasteiger partial charge in [-0.25, -0.2) is 4.39 Å². The van der Waals surface area contributed by atoms with Crippen LogP contribution in [-0.4, -0.2) is 27.2 Å². The van der Waals surface area contributed by atoms with E-state index in [0.29, 0.717) is 5.82 Å². The number of aryl methyl sites for hydroxylation is 1. The molecule has 0 aliphatic carbocycles.